The van der Waals surface area contributed by atoms with Gasteiger partial charge in [0.1, 0.15) is 0 Å². The van der Waals surface area contributed by atoms with E-state index >= 15 is 0 Å². The van der Waals surface area contributed by atoms with Gasteiger partial charge in [0.2, 0.25) is 0 Å². The summed E-state index contributed by atoms with van der Waals surface area (Å²) in [5.74, 6) is 0. The lowest BCUT2D eigenvalue weighted by molar-refractivity contribution is 1.51. The van der Waals surface area contributed by atoms with Crippen molar-refractivity contribution >= 4 is 37.5 Å². The van der Waals surface area contributed by atoms with Gasteiger partial charge >= 0.3 is 0 Å². The average Bonchev–Trinajstić information content (AvgIpc) is 2.55. The Morgan fingerprint density at radius 3 is 2.55 bits per heavy atom. The summed E-state index contributed by atoms with van der Waals surface area (Å²) in [5.41, 5.74) is 3.71. The number of halogens is 1. The zero-order valence-corrected chi connectivity index (χ0v) is 13.8. The highest BCUT2D eigenvalue weighted by Gasteiger charge is 2.11. The lowest BCUT2D eigenvalue weighted by Gasteiger charge is -2.13. The molecule has 0 N–H and O–H groups in total. The van der Waals surface area contributed by atoms with Crippen molar-refractivity contribution in [2.45, 2.75) is 6.92 Å². The fraction of sp³-hybridized carbons (Fsp3) is 0.0476. The summed E-state index contributed by atoms with van der Waals surface area (Å²) in [7, 11) is 0. The van der Waals surface area contributed by atoms with Crippen molar-refractivity contribution in [3.05, 3.63) is 82.8 Å². The van der Waals surface area contributed by atoms with Crippen molar-refractivity contribution < 1.29 is 0 Å². The third-order valence-corrected chi connectivity index (χ3v) is 4.91. The fourth-order valence-electron chi connectivity index (χ4n) is 3.14. The first-order valence-corrected chi connectivity index (χ1v) is 8.12. The fourth-order valence-corrected chi connectivity index (χ4v) is 3.72. The largest absolute Gasteiger partial charge is 0.0616 e. The standard InChI is InChI=1S/C21H14Br/c1-14-17-9-3-2-6-15(17)12-13-18(14)19-10-4-7-16-8-5-11-20(22)21(16)19/h2-9,11-13H,1H3. The molecule has 1 heteroatoms. The second kappa shape index (κ2) is 5.26. The predicted molar refractivity (Wildman–Crippen MR) is 98.2 cm³/mol. The zero-order valence-electron chi connectivity index (χ0n) is 12.2. The molecule has 0 nitrogen and oxygen atoms in total. The van der Waals surface area contributed by atoms with Gasteiger partial charge in [-0.1, -0.05) is 76.6 Å². The third kappa shape index (κ3) is 2.05. The quantitative estimate of drug-likeness (QED) is 0.367. The Hall–Kier alpha value is -2.12. The van der Waals surface area contributed by atoms with E-state index in [1.807, 2.05) is 6.07 Å². The van der Waals surface area contributed by atoms with Crippen LogP contribution in [0.15, 0.2) is 71.2 Å². The molecule has 4 rings (SSSR count). The van der Waals surface area contributed by atoms with E-state index in [2.05, 4.69) is 89.6 Å². The summed E-state index contributed by atoms with van der Waals surface area (Å²) in [6.45, 7) is 2.20. The summed E-state index contributed by atoms with van der Waals surface area (Å²) in [6, 6.07) is 26.8. The Morgan fingerprint density at radius 2 is 1.64 bits per heavy atom. The summed E-state index contributed by atoms with van der Waals surface area (Å²) < 4.78 is 1.12. The highest BCUT2D eigenvalue weighted by atomic mass is 79.9. The molecule has 0 heterocycles. The average molecular weight is 346 g/mol. The van der Waals surface area contributed by atoms with Crippen LogP contribution < -0.4 is 0 Å². The van der Waals surface area contributed by atoms with Crippen LogP contribution in [0.2, 0.25) is 0 Å². The van der Waals surface area contributed by atoms with Gasteiger partial charge in [-0.05, 0) is 51.9 Å². The van der Waals surface area contributed by atoms with E-state index in [4.69, 9.17) is 0 Å². The van der Waals surface area contributed by atoms with Crippen molar-refractivity contribution in [1.29, 1.82) is 0 Å². The summed E-state index contributed by atoms with van der Waals surface area (Å²) in [4.78, 5) is 0. The molecule has 0 bridgehead atoms. The summed E-state index contributed by atoms with van der Waals surface area (Å²) in [6.07, 6.45) is 0. The Balaban J connectivity index is 2.10. The van der Waals surface area contributed by atoms with E-state index in [-0.39, 0.29) is 0 Å². The minimum Gasteiger partial charge on any atom is -0.0616 e. The van der Waals surface area contributed by atoms with Crippen molar-refractivity contribution in [3.8, 4) is 11.1 Å². The molecule has 0 aromatic heterocycles. The maximum absolute atomic E-state index is 3.70. The van der Waals surface area contributed by atoms with Gasteiger partial charge in [-0.15, -0.1) is 0 Å². The topological polar surface area (TPSA) is 0 Å². The number of hydrogen-bond donors (Lipinski definition) is 0. The van der Waals surface area contributed by atoms with E-state index in [0.29, 0.717) is 0 Å². The van der Waals surface area contributed by atoms with Crippen molar-refractivity contribution in [2.24, 2.45) is 0 Å². The van der Waals surface area contributed by atoms with Crippen LogP contribution in [-0.4, -0.2) is 0 Å². The van der Waals surface area contributed by atoms with Crippen LogP contribution >= 0.6 is 15.9 Å². The first-order chi connectivity index (χ1) is 10.8. The second-order valence-corrected chi connectivity index (χ2v) is 6.37. The molecular weight excluding hydrogens is 332 g/mol. The van der Waals surface area contributed by atoms with Crippen LogP contribution in [0.5, 0.6) is 0 Å². The number of aryl methyl sites for hydroxylation is 1. The molecular formula is C21H14Br. The van der Waals surface area contributed by atoms with E-state index in [0.717, 1.165) is 10.0 Å². The molecule has 1 radical (unpaired) electrons. The predicted octanol–water partition coefficient (Wildman–Crippen LogP) is 6.53. The number of hydrogen-bond acceptors (Lipinski definition) is 0. The van der Waals surface area contributed by atoms with Gasteiger partial charge in [-0.25, -0.2) is 0 Å². The maximum atomic E-state index is 3.70. The highest BCUT2D eigenvalue weighted by molar-refractivity contribution is 9.10. The van der Waals surface area contributed by atoms with Crippen molar-refractivity contribution in [2.75, 3.05) is 0 Å². The normalized spacial score (nSPS) is 11.2. The molecule has 4 aromatic rings. The Morgan fingerprint density at radius 1 is 0.818 bits per heavy atom. The molecule has 0 aliphatic rings. The minimum atomic E-state index is 1.12. The van der Waals surface area contributed by atoms with E-state index in [1.54, 1.807) is 0 Å². The monoisotopic (exact) mass is 345 g/mol. The molecule has 0 atom stereocenters. The number of fused-ring (bicyclic) bond motifs is 2. The van der Waals surface area contributed by atoms with E-state index in [1.165, 1.54) is 32.7 Å². The van der Waals surface area contributed by atoms with Gasteiger partial charge in [0.25, 0.3) is 0 Å². The molecule has 0 saturated heterocycles. The molecule has 0 amide bonds. The molecule has 0 fully saturated rings. The van der Waals surface area contributed by atoms with Crippen LogP contribution in [0.1, 0.15) is 5.56 Å². The van der Waals surface area contributed by atoms with E-state index < -0.39 is 0 Å². The van der Waals surface area contributed by atoms with Crippen LogP contribution in [-0.2, 0) is 0 Å². The van der Waals surface area contributed by atoms with Crippen LogP contribution in [0, 0.1) is 13.0 Å². The molecule has 0 saturated carbocycles. The lowest BCUT2D eigenvalue weighted by Crippen LogP contribution is -1.88. The van der Waals surface area contributed by atoms with Crippen molar-refractivity contribution in [1.82, 2.24) is 0 Å². The van der Waals surface area contributed by atoms with Gasteiger partial charge < -0.3 is 0 Å². The SMILES string of the molecule is Cc1c(-c2[c]ccc3cccc(Br)c23)ccc2ccccc12. The Kier molecular flexibility index (Phi) is 3.24. The highest BCUT2D eigenvalue weighted by Crippen LogP contribution is 2.37. The minimum absolute atomic E-state index is 1.12. The van der Waals surface area contributed by atoms with Gasteiger partial charge in [0.05, 0.1) is 0 Å². The second-order valence-electron chi connectivity index (χ2n) is 5.52. The van der Waals surface area contributed by atoms with Crippen molar-refractivity contribution in [3.63, 3.8) is 0 Å². The summed E-state index contributed by atoms with van der Waals surface area (Å²) in [5, 5.41) is 5.04. The molecule has 4 aromatic carbocycles. The maximum Gasteiger partial charge on any atom is 0.0260 e. The Bertz CT molecular complexity index is 994. The molecule has 0 spiro atoms. The van der Waals surface area contributed by atoms with Crippen LogP contribution in [0.4, 0.5) is 0 Å². The first kappa shape index (κ1) is 13.5. The number of benzene rings is 4. The number of rotatable bonds is 1. The lowest BCUT2D eigenvalue weighted by atomic mass is 9.92. The van der Waals surface area contributed by atoms with E-state index in [9.17, 15) is 0 Å². The smallest absolute Gasteiger partial charge is 0.0260 e. The van der Waals surface area contributed by atoms with Gasteiger partial charge in [-0.2, -0.15) is 0 Å². The third-order valence-electron chi connectivity index (χ3n) is 4.25. The molecule has 0 aliphatic heterocycles. The first-order valence-electron chi connectivity index (χ1n) is 7.33. The summed E-state index contributed by atoms with van der Waals surface area (Å²) >= 11 is 3.70. The molecule has 0 unspecified atom stereocenters. The van der Waals surface area contributed by atoms with Gasteiger partial charge in [0, 0.05) is 9.86 Å². The van der Waals surface area contributed by atoms with Gasteiger partial charge in [0.15, 0.2) is 0 Å². The molecule has 105 valence electrons. The van der Waals surface area contributed by atoms with Crippen LogP contribution in [0.3, 0.4) is 0 Å². The van der Waals surface area contributed by atoms with Gasteiger partial charge in [-0.3, -0.25) is 0 Å². The molecule has 0 aliphatic carbocycles. The van der Waals surface area contributed by atoms with Crippen LogP contribution in [0.25, 0.3) is 32.7 Å². The zero-order chi connectivity index (χ0) is 15.1. The Labute approximate surface area is 138 Å². The molecule has 22 heavy (non-hydrogen) atoms.